The summed E-state index contributed by atoms with van der Waals surface area (Å²) >= 11 is 0. The molecule has 25 heavy (non-hydrogen) atoms. The van der Waals surface area contributed by atoms with Gasteiger partial charge >= 0.3 is 0 Å². The maximum absolute atomic E-state index is 6.04. The highest BCUT2D eigenvalue weighted by Gasteiger charge is 2.17. The molecule has 2 aromatic carbocycles. The molecule has 0 N–H and O–H groups in total. The van der Waals surface area contributed by atoms with Crippen LogP contribution in [-0.2, 0) is 0 Å². The average Bonchev–Trinajstić information content (AvgIpc) is 2.65. The molecule has 0 spiro atoms. The van der Waals surface area contributed by atoms with E-state index in [1.165, 1.54) is 16.8 Å². The molecule has 1 aliphatic heterocycles. The maximum atomic E-state index is 6.04. The van der Waals surface area contributed by atoms with Crippen molar-refractivity contribution in [3.63, 3.8) is 0 Å². The lowest BCUT2D eigenvalue weighted by Crippen LogP contribution is -2.47. The fourth-order valence-corrected chi connectivity index (χ4v) is 3.33. The number of aryl methyl sites for hydroxylation is 2. The molecule has 0 bridgehead atoms. The lowest BCUT2D eigenvalue weighted by molar-refractivity contribution is 0.199. The highest BCUT2D eigenvalue weighted by Crippen LogP contribution is 2.23. The first-order valence-electron chi connectivity index (χ1n) is 8.98. The van der Waals surface area contributed by atoms with Gasteiger partial charge in [0, 0.05) is 38.4 Å². The van der Waals surface area contributed by atoms with Crippen LogP contribution in [0.1, 0.15) is 11.1 Å². The van der Waals surface area contributed by atoms with Crippen LogP contribution in [0.3, 0.4) is 0 Å². The summed E-state index contributed by atoms with van der Waals surface area (Å²) in [5, 5.41) is 0. The van der Waals surface area contributed by atoms with Gasteiger partial charge in [-0.25, -0.2) is 0 Å². The van der Waals surface area contributed by atoms with Crippen molar-refractivity contribution in [2.24, 2.45) is 0 Å². The Morgan fingerprint density at radius 2 is 1.52 bits per heavy atom. The van der Waals surface area contributed by atoms with Crippen LogP contribution in [0.15, 0.2) is 42.5 Å². The van der Waals surface area contributed by atoms with E-state index in [9.17, 15) is 0 Å². The van der Waals surface area contributed by atoms with E-state index < -0.39 is 0 Å². The number of anilines is 1. The molecule has 2 aromatic rings. The van der Waals surface area contributed by atoms with Crippen LogP contribution >= 0.6 is 0 Å². The molecule has 0 aromatic heterocycles. The first kappa shape index (κ1) is 17.6. The minimum Gasteiger partial charge on any atom is -0.497 e. The Bertz CT molecular complexity index is 657. The van der Waals surface area contributed by atoms with Crippen LogP contribution < -0.4 is 14.4 Å². The molecule has 134 valence electrons. The summed E-state index contributed by atoms with van der Waals surface area (Å²) in [5.41, 5.74) is 3.70. The Morgan fingerprint density at radius 1 is 0.880 bits per heavy atom. The number of hydrogen-bond acceptors (Lipinski definition) is 4. The predicted octanol–water partition coefficient (Wildman–Crippen LogP) is 3.51. The van der Waals surface area contributed by atoms with Crippen LogP contribution in [0.2, 0.25) is 0 Å². The number of hydrogen-bond donors (Lipinski definition) is 0. The van der Waals surface area contributed by atoms with Crippen LogP contribution in [0, 0.1) is 13.8 Å². The van der Waals surface area contributed by atoms with E-state index in [1.54, 1.807) is 7.11 Å². The molecule has 0 saturated carbocycles. The lowest BCUT2D eigenvalue weighted by atomic mass is 10.1. The van der Waals surface area contributed by atoms with E-state index in [-0.39, 0.29) is 0 Å². The third-order valence-corrected chi connectivity index (χ3v) is 4.87. The molecule has 0 aliphatic carbocycles. The smallest absolute Gasteiger partial charge is 0.125 e. The minimum absolute atomic E-state index is 0.744. The van der Waals surface area contributed by atoms with Gasteiger partial charge in [-0.3, -0.25) is 4.90 Å². The molecule has 1 saturated heterocycles. The first-order valence-corrected chi connectivity index (χ1v) is 8.98. The summed E-state index contributed by atoms with van der Waals surface area (Å²) in [6.07, 6.45) is 0. The van der Waals surface area contributed by atoms with Crippen LogP contribution in [0.25, 0.3) is 0 Å². The van der Waals surface area contributed by atoms with Crippen LogP contribution in [0.4, 0.5) is 5.69 Å². The van der Waals surface area contributed by atoms with E-state index >= 15 is 0 Å². The lowest BCUT2D eigenvalue weighted by Gasteiger charge is -2.36. The van der Waals surface area contributed by atoms with Gasteiger partial charge in [0.2, 0.25) is 0 Å². The summed E-state index contributed by atoms with van der Waals surface area (Å²) in [6, 6.07) is 14.6. The van der Waals surface area contributed by atoms with Crippen LogP contribution in [-0.4, -0.2) is 51.3 Å². The topological polar surface area (TPSA) is 24.9 Å². The van der Waals surface area contributed by atoms with Gasteiger partial charge in [-0.2, -0.15) is 0 Å². The summed E-state index contributed by atoms with van der Waals surface area (Å²) in [7, 11) is 1.70. The Balaban J connectivity index is 1.44. The van der Waals surface area contributed by atoms with Crippen molar-refractivity contribution in [3.8, 4) is 11.5 Å². The zero-order chi connectivity index (χ0) is 17.6. The van der Waals surface area contributed by atoms with E-state index in [0.717, 1.165) is 50.8 Å². The van der Waals surface area contributed by atoms with Crippen molar-refractivity contribution < 1.29 is 9.47 Å². The van der Waals surface area contributed by atoms with E-state index in [2.05, 4.69) is 54.0 Å². The van der Waals surface area contributed by atoms with Crippen molar-refractivity contribution in [1.82, 2.24) is 4.90 Å². The van der Waals surface area contributed by atoms with Crippen molar-refractivity contribution in [3.05, 3.63) is 53.6 Å². The van der Waals surface area contributed by atoms with Gasteiger partial charge < -0.3 is 14.4 Å². The van der Waals surface area contributed by atoms with Gasteiger partial charge in [0.1, 0.15) is 18.1 Å². The second-order valence-electron chi connectivity index (χ2n) is 6.60. The zero-order valence-electron chi connectivity index (χ0n) is 15.5. The molecule has 0 radical (unpaired) electrons. The molecular formula is C21H28N2O2. The van der Waals surface area contributed by atoms with E-state index in [1.807, 2.05) is 12.1 Å². The van der Waals surface area contributed by atoms with Crippen LogP contribution in [0.5, 0.6) is 11.5 Å². The van der Waals surface area contributed by atoms with Gasteiger partial charge in [-0.15, -0.1) is 0 Å². The summed E-state index contributed by atoms with van der Waals surface area (Å²) < 4.78 is 11.3. The Kier molecular flexibility index (Phi) is 5.82. The highest BCUT2D eigenvalue weighted by molar-refractivity contribution is 5.49. The Hall–Kier alpha value is -2.20. The van der Waals surface area contributed by atoms with E-state index in [0.29, 0.717) is 0 Å². The third-order valence-electron chi connectivity index (χ3n) is 4.87. The molecule has 1 aliphatic rings. The van der Waals surface area contributed by atoms with Gasteiger partial charge in [0.05, 0.1) is 7.11 Å². The fraction of sp³-hybridized carbons (Fsp3) is 0.429. The van der Waals surface area contributed by atoms with Gasteiger partial charge in [-0.1, -0.05) is 18.2 Å². The highest BCUT2D eigenvalue weighted by atomic mass is 16.5. The second-order valence-corrected chi connectivity index (χ2v) is 6.60. The number of ether oxygens (including phenoxy) is 2. The SMILES string of the molecule is COc1ccc(N2CCN(CCOc3c(C)cccc3C)CC2)cc1. The molecule has 0 unspecified atom stereocenters. The Labute approximate surface area is 151 Å². The first-order chi connectivity index (χ1) is 12.2. The second kappa shape index (κ2) is 8.26. The number of para-hydroxylation sites is 1. The standard InChI is InChI=1S/C21H28N2O2/c1-17-5-4-6-18(2)21(17)25-16-15-22-11-13-23(14-12-22)19-7-9-20(24-3)10-8-19/h4-10H,11-16H2,1-3H3. The molecule has 0 atom stereocenters. The maximum Gasteiger partial charge on any atom is 0.125 e. The molecule has 1 fully saturated rings. The van der Waals surface area contributed by atoms with Crippen molar-refractivity contribution >= 4 is 5.69 Å². The monoisotopic (exact) mass is 340 g/mol. The normalized spacial score (nSPS) is 15.2. The zero-order valence-corrected chi connectivity index (χ0v) is 15.5. The third kappa shape index (κ3) is 4.45. The van der Waals surface area contributed by atoms with Crippen molar-refractivity contribution in [2.75, 3.05) is 51.3 Å². The summed E-state index contributed by atoms with van der Waals surface area (Å²) in [4.78, 5) is 4.91. The minimum atomic E-state index is 0.744. The molecule has 4 nitrogen and oxygen atoms in total. The van der Waals surface area contributed by atoms with E-state index in [4.69, 9.17) is 9.47 Å². The Morgan fingerprint density at radius 3 is 2.12 bits per heavy atom. The molecule has 1 heterocycles. The number of methoxy groups -OCH3 is 1. The van der Waals surface area contributed by atoms with Gasteiger partial charge in [0.25, 0.3) is 0 Å². The van der Waals surface area contributed by atoms with Crippen molar-refractivity contribution in [2.45, 2.75) is 13.8 Å². The number of piperazine rings is 1. The summed E-state index contributed by atoms with van der Waals surface area (Å²) in [6.45, 7) is 10.2. The molecule has 4 heteroatoms. The predicted molar refractivity (Wildman–Crippen MR) is 103 cm³/mol. The van der Waals surface area contributed by atoms with Gasteiger partial charge in [0.15, 0.2) is 0 Å². The quantitative estimate of drug-likeness (QED) is 0.803. The number of benzene rings is 2. The number of rotatable bonds is 6. The number of nitrogens with zero attached hydrogens (tertiary/aromatic N) is 2. The average molecular weight is 340 g/mol. The molecule has 0 amide bonds. The van der Waals surface area contributed by atoms with Crippen molar-refractivity contribution in [1.29, 1.82) is 0 Å². The molecular weight excluding hydrogens is 312 g/mol. The molecule has 3 rings (SSSR count). The summed E-state index contributed by atoms with van der Waals surface area (Å²) in [5.74, 6) is 1.95. The van der Waals surface area contributed by atoms with Gasteiger partial charge in [-0.05, 0) is 49.2 Å². The largest absolute Gasteiger partial charge is 0.497 e. The fourth-order valence-electron chi connectivity index (χ4n) is 3.33.